The van der Waals surface area contributed by atoms with Crippen LogP contribution in [0.1, 0.15) is 39.9 Å². The summed E-state index contributed by atoms with van der Waals surface area (Å²) in [6.45, 7) is 10.8. The SMILES string of the molecule is CCCn1c(COCC)nc2c([As])nc3ccc(OCCNC(=O)C(C)C)cc3c21.Cl. The van der Waals surface area contributed by atoms with E-state index in [9.17, 15) is 4.79 Å². The number of imidazole rings is 1. The number of hydrogen-bond donors (Lipinski definition) is 1. The average molecular weight is 509 g/mol. The average Bonchev–Trinajstić information content (AvgIpc) is 3.09. The number of aryl methyl sites for hydroxylation is 1. The van der Waals surface area contributed by atoms with Crippen molar-refractivity contribution in [3.05, 3.63) is 24.0 Å². The summed E-state index contributed by atoms with van der Waals surface area (Å²) in [5.41, 5.74) is 2.84. The summed E-state index contributed by atoms with van der Waals surface area (Å²) >= 11 is 2.53. The van der Waals surface area contributed by atoms with Crippen molar-refractivity contribution in [1.29, 1.82) is 0 Å². The van der Waals surface area contributed by atoms with Crippen molar-refractivity contribution < 1.29 is 14.3 Å². The maximum atomic E-state index is 11.7. The first kappa shape index (κ1) is 25.4. The number of carbonyl (C=O) groups is 1. The summed E-state index contributed by atoms with van der Waals surface area (Å²) in [5, 5.41) is 3.88. The number of amides is 1. The first-order valence-corrected chi connectivity index (χ1v) is 11.4. The predicted molar refractivity (Wildman–Crippen MR) is 127 cm³/mol. The molecular weight excluding hydrogens is 479 g/mol. The third kappa shape index (κ3) is 5.91. The number of fused-ring (bicyclic) bond motifs is 3. The molecule has 0 spiro atoms. The molecule has 3 aromatic rings. The van der Waals surface area contributed by atoms with E-state index in [4.69, 9.17) is 19.4 Å². The van der Waals surface area contributed by atoms with Gasteiger partial charge in [-0.05, 0) is 0 Å². The van der Waals surface area contributed by atoms with Crippen LogP contribution in [0, 0.1) is 5.92 Å². The molecule has 2 aromatic heterocycles. The Kier molecular flexibility index (Phi) is 9.60. The quantitative estimate of drug-likeness (QED) is 0.337. The molecule has 9 heteroatoms. The molecule has 3 rings (SSSR count). The number of pyridine rings is 1. The normalized spacial score (nSPS) is 11.2. The van der Waals surface area contributed by atoms with Gasteiger partial charge < -0.3 is 0 Å². The van der Waals surface area contributed by atoms with E-state index in [1.54, 1.807) is 0 Å². The van der Waals surface area contributed by atoms with E-state index in [2.05, 4.69) is 33.7 Å². The fraction of sp³-hybridized carbons (Fsp3) is 0.500. The summed E-state index contributed by atoms with van der Waals surface area (Å²) in [4.78, 5) is 21.2. The number of rotatable bonds is 10. The van der Waals surface area contributed by atoms with Crippen LogP contribution in [0.15, 0.2) is 18.2 Å². The van der Waals surface area contributed by atoms with Crippen molar-refractivity contribution in [3.63, 3.8) is 0 Å². The van der Waals surface area contributed by atoms with Gasteiger partial charge in [-0.1, -0.05) is 13.8 Å². The Morgan fingerprint density at radius 1 is 1.26 bits per heavy atom. The summed E-state index contributed by atoms with van der Waals surface area (Å²) < 4.78 is 14.6. The fourth-order valence-electron chi connectivity index (χ4n) is 3.30. The summed E-state index contributed by atoms with van der Waals surface area (Å²) in [6, 6.07) is 5.90. The Labute approximate surface area is 198 Å². The van der Waals surface area contributed by atoms with Crippen LogP contribution in [0.5, 0.6) is 5.75 Å². The van der Waals surface area contributed by atoms with Crippen molar-refractivity contribution in [2.75, 3.05) is 19.8 Å². The predicted octanol–water partition coefficient (Wildman–Crippen LogP) is 2.90. The molecule has 0 fully saturated rings. The second kappa shape index (κ2) is 11.7. The molecule has 0 saturated heterocycles. The maximum Gasteiger partial charge on any atom is -0.147 e. The van der Waals surface area contributed by atoms with Crippen LogP contribution in [-0.2, 0) is 22.7 Å². The summed E-state index contributed by atoms with van der Waals surface area (Å²) in [6.07, 6.45) is 0.994. The van der Waals surface area contributed by atoms with E-state index in [0.717, 1.165) is 51.0 Å². The van der Waals surface area contributed by atoms with Gasteiger partial charge in [-0.15, -0.1) is 12.4 Å². The van der Waals surface area contributed by atoms with Crippen molar-refractivity contribution in [2.45, 2.75) is 47.3 Å². The molecular formula is C22H30AsClN4O3. The maximum absolute atomic E-state index is 11.7. The molecule has 0 unspecified atom stereocenters. The van der Waals surface area contributed by atoms with E-state index in [-0.39, 0.29) is 24.2 Å². The molecule has 31 heavy (non-hydrogen) atoms. The van der Waals surface area contributed by atoms with Crippen LogP contribution in [-0.4, -0.2) is 57.1 Å². The zero-order chi connectivity index (χ0) is 21.7. The molecule has 2 radical (unpaired) electrons. The monoisotopic (exact) mass is 508 g/mol. The molecule has 0 atom stereocenters. The minimum atomic E-state index is -0.0311. The zero-order valence-electron chi connectivity index (χ0n) is 18.5. The number of nitrogens with one attached hydrogen (secondary N) is 1. The van der Waals surface area contributed by atoms with Crippen LogP contribution in [0.25, 0.3) is 21.9 Å². The Morgan fingerprint density at radius 2 is 2.03 bits per heavy atom. The Balaban J connectivity index is 0.00000341. The molecule has 0 aliphatic heterocycles. The van der Waals surface area contributed by atoms with Crippen LogP contribution in [0.2, 0.25) is 0 Å². The second-order valence-corrected chi connectivity index (χ2v) is 8.31. The van der Waals surface area contributed by atoms with Gasteiger partial charge in [0.05, 0.1) is 0 Å². The first-order valence-electron chi connectivity index (χ1n) is 10.5. The molecule has 1 aromatic carbocycles. The molecule has 1 amide bonds. The number of benzene rings is 1. The van der Waals surface area contributed by atoms with Gasteiger partial charge in [0.25, 0.3) is 0 Å². The Hall–Kier alpha value is -1.82. The van der Waals surface area contributed by atoms with E-state index in [1.807, 2.05) is 39.0 Å². The third-order valence-electron chi connectivity index (χ3n) is 4.78. The van der Waals surface area contributed by atoms with Crippen molar-refractivity contribution in [1.82, 2.24) is 19.9 Å². The van der Waals surface area contributed by atoms with E-state index in [1.165, 1.54) is 0 Å². The van der Waals surface area contributed by atoms with Gasteiger partial charge in [-0.25, -0.2) is 0 Å². The molecule has 0 aliphatic rings. The van der Waals surface area contributed by atoms with Crippen LogP contribution in [0.4, 0.5) is 0 Å². The van der Waals surface area contributed by atoms with Gasteiger partial charge in [-0.2, -0.15) is 0 Å². The first-order chi connectivity index (χ1) is 14.5. The van der Waals surface area contributed by atoms with Gasteiger partial charge in [-0.3, -0.25) is 0 Å². The third-order valence-corrected chi connectivity index (χ3v) is 5.44. The molecule has 0 bridgehead atoms. The Morgan fingerprint density at radius 3 is 2.71 bits per heavy atom. The minimum Gasteiger partial charge on any atom is -0.147 e. The number of nitrogens with zero attached hydrogens (tertiary/aromatic N) is 3. The molecule has 7 nitrogen and oxygen atoms in total. The fourth-order valence-corrected chi connectivity index (χ4v) is 3.86. The number of hydrogen-bond acceptors (Lipinski definition) is 5. The number of ether oxygens (including phenoxy) is 2. The van der Waals surface area contributed by atoms with Gasteiger partial charge in [0.15, 0.2) is 0 Å². The smallest absolute Gasteiger partial charge is 0.147 e. The van der Waals surface area contributed by atoms with Crippen molar-refractivity contribution >= 4 is 61.6 Å². The van der Waals surface area contributed by atoms with Crippen LogP contribution < -0.4 is 14.5 Å². The molecule has 0 saturated carbocycles. The van der Waals surface area contributed by atoms with E-state index in [0.29, 0.717) is 26.4 Å². The number of carbonyl (C=O) groups excluding carboxylic acids is 1. The minimum absolute atomic E-state index is 0. The summed E-state index contributed by atoms with van der Waals surface area (Å²) in [7, 11) is 0. The van der Waals surface area contributed by atoms with Gasteiger partial charge in [0.1, 0.15) is 0 Å². The van der Waals surface area contributed by atoms with Crippen molar-refractivity contribution in [3.8, 4) is 5.75 Å². The second-order valence-electron chi connectivity index (χ2n) is 7.42. The molecule has 0 aliphatic carbocycles. The van der Waals surface area contributed by atoms with E-state index < -0.39 is 0 Å². The standard InChI is InChI=1S/C22H29AsN4O3.ClH/c1-5-10-27-18(13-29-6-2)26-19-20(27)16-12-15(7-8-17(16)25-21(19)23)30-11-9-24-22(28)14(3)4;/h7-8,12,14H,5-6,9-11,13H2,1-4H3,(H,24,28);1H. The van der Waals surface area contributed by atoms with Crippen molar-refractivity contribution in [2.24, 2.45) is 5.92 Å². The zero-order valence-corrected chi connectivity index (χ0v) is 21.2. The topological polar surface area (TPSA) is 78.3 Å². The van der Waals surface area contributed by atoms with Crippen LogP contribution >= 0.6 is 12.4 Å². The van der Waals surface area contributed by atoms with Crippen LogP contribution in [0.3, 0.4) is 0 Å². The Bertz CT molecular complexity index is 1040. The molecule has 1 N–H and O–H groups in total. The van der Waals surface area contributed by atoms with Gasteiger partial charge >= 0.3 is 172 Å². The number of halogens is 1. The van der Waals surface area contributed by atoms with E-state index >= 15 is 0 Å². The largest absolute Gasteiger partial charge is 0.147 e. The van der Waals surface area contributed by atoms with Gasteiger partial charge in [0.2, 0.25) is 0 Å². The van der Waals surface area contributed by atoms with Gasteiger partial charge in [0, 0.05) is 0 Å². The molecule has 2 heterocycles. The number of aromatic nitrogens is 3. The molecule has 168 valence electrons. The summed E-state index contributed by atoms with van der Waals surface area (Å²) in [5.74, 6) is 1.66.